The summed E-state index contributed by atoms with van der Waals surface area (Å²) in [5.74, 6) is -0.619. The highest BCUT2D eigenvalue weighted by atomic mass is 16.5. The predicted octanol–water partition coefficient (Wildman–Crippen LogP) is 2.56. The van der Waals surface area contributed by atoms with Gasteiger partial charge in [-0.3, -0.25) is 14.5 Å². The van der Waals surface area contributed by atoms with E-state index in [-0.39, 0.29) is 29.9 Å². The number of benzene rings is 1. The average Bonchev–Trinajstić information content (AvgIpc) is 3.02. The third-order valence-electron chi connectivity index (χ3n) is 4.74. The first-order valence-corrected chi connectivity index (χ1v) is 8.03. The van der Waals surface area contributed by atoms with Crippen molar-refractivity contribution in [3.63, 3.8) is 0 Å². The van der Waals surface area contributed by atoms with Crippen LogP contribution >= 0.6 is 0 Å². The lowest BCUT2D eigenvalue weighted by Gasteiger charge is -2.32. The van der Waals surface area contributed by atoms with Crippen LogP contribution in [0, 0.1) is 5.92 Å². The summed E-state index contributed by atoms with van der Waals surface area (Å²) in [6.07, 6.45) is 1.67. The third-order valence-corrected chi connectivity index (χ3v) is 4.74. The Morgan fingerprint density at radius 1 is 1.22 bits per heavy atom. The van der Waals surface area contributed by atoms with Gasteiger partial charge in [-0.2, -0.15) is 0 Å². The smallest absolute Gasteiger partial charge is 0.310 e. The largest absolute Gasteiger partial charge is 0.469 e. The Morgan fingerprint density at radius 3 is 2.52 bits per heavy atom. The van der Waals surface area contributed by atoms with Crippen LogP contribution in [0.1, 0.15) is 37.8 Å². The topological polar surface area (TPSA) is 55.8 Å². The molecule has 1 saturated heterocycles. The van der Waals surface area contributed by atoms with Crippen LogP contribution < -0.4 is 0 Å². The van der Waals surface area contributed by atoms with Gasteiger partial charge in [-0.15, -0.1) is 0 Å². The first kappa shape index (κ1) is 17.5. The maximum Gasteiger partial charge on any atom is 0.310 e. The van der Waals surface area contributed by atoms with Crippen molar-refractivity contribution in [1.82, 2.24) is 4.90 Å². The molecule has 0 aliphatic carbocycles. The van der Waals surface area contributed by atoms with Gasteiger partial charge < -0.3 is 9.47 Å². The fraction of sp³-hybridized carbons (Fsp3) is 0.556. The van der Waals surface area contributed by atoms with Crippen molar-refractivity contribution in [3.8, 4) is 0 Å². The number of nitrogens with zero attached hydrogens (tertiary/aromatic N) is 1. The van der Waals surface area contributed by atoms with Crippen molar-refractivity contribution in [2.75, 3.05) is 20.8 Å². The van der Waals surface area contributed by atoms with E-state index in [9.17, 15) is 9.59 Å². The van der Waals surface area contributed by atoms with Gasteiger partial charge in [-0.25, -0.2) is 0 Å². The minimum absolute atomic E-state index is 0.00300. The van der Waals surface area contributed by atoms with Gasteiger partial charge >= 0.3 is 11.9 Å². The first-order chi connectivity index (χ1) is 11.1. The van der Waals surface area contributed by atoms with E-state index in [1.807, 2.05) is 18.2 Å². The molecule has 0 radical (unpaired) electrons. The Bertz CT molecular complexity index is 531. The molecule has 1 aliphatic heterocycles. The summed E-state index contributed by atoms with van der Waals surface area (Å²) in [5.41, 5.74) is 1.21. The number of hydrogen-bond donors (Lipinski definition) is 0. The van der Waals surface area contributed by atoms with Crippen molar-refractivity contribution in [2.45, 2.75) is 38.3 Å². The van der Waals surface area contributed by atoms with Gasteiger partial charge in [-0.05, 0) is 31.9 Å². The van der Waals surface area contributed by atoms with Crippen LogP contribution in [0.3, 0.4) is 0 Å². The molecule has 126 valence electrons. The summed E-state index contributed by atoms with van der Waals surface area (Å²) in [6, 6.07) is 10.4. The zero-order chi connectivity index (χ0) is 16.8. The zero-order valence-electron chi connectivity index (χ0n) is 14.0. The molecule has 0 aromatic heterocycles. The van der Waals surface area contributed by atoms with Gasteiger partial charge in [0.15, 0.2) is 0 Å². The zero-order valence-corrected chi connectivity index (χ0v) is 14.0. The number of ether oxygens (including phenoxy) is 2. The van der Waals surface area contributed by atoms with Crippen molar-refractivity contribution < 1.29 is 19.1 Å². The molecule has 5 nitrogen and oxygen atoms in total. The van der Waals surface area contributed by atoms with E-state index in [1.54, 1.807) is 0 Å². The predicted molar refractivity (Wildman–Crippen MR) is 86.7 cm³/mol. The molecule has 0 N–H and O–H groups in total. The SMILES string of the molecule is COC(=O)CC[C@H]1[C@@H](C(=O)OC)CCN1[C@@H](C)c1ccccc1. The van der Waals surface area contributed by atoms with E-state index < -0.39 is 0 Å². The van der Waals surface area contributed by atoms with Crippen LogP contribution in [0.5, 0.6) is 0 Å². The second-order valence-electron chi connectivity index (χ2n) is 5.92. The lowest BCUT2D eigenvalue weighted by Crippen LogP contribution is -2.38. The third kappa shape index (κ3) is 4.10. The molecule has 0 bridgehead atoms. The van der Waals surface area contributed by atoms with Crippen LogP contribution in [0.4, 0.5) is 0 Å². The molecular weight excluding hydrogens is 294 g/mol. The monoisotopic (exact) mass is 319 g/mol. The number of methoxy groups -OCH3 is 2. The van der Waals surface area contributed by atoms with Crippen LogP contribution in [0.15, 0.2) is 30.3 Å². The maximum absolute atomic E-state index is 12.1. The molecule has 5 heteroatoms. The minimum Gasteiger partial charge on any atom is -0.469 e. The summed E-state index contributed by atoms with van der Waals surface area (Å²) in [7, 11) is 2.81. The second-order valence-corrected chi connectivity index (χ2v) is 5.92. The Balaban J connectivity index is 2.15. The lowest BCUT2D eigenvalue weighted by atomic mass is 9.95. The van der Waals surface area contributed by atoms with Crippen molar-refractivity contribution in [1.29, 1.82) is 0 Å². The molecule has 0 spiro atoms. The van der Waals surface area contributed by atoms with Gasteiger partial charge in [0.25, 0.3) is 0 Å². The average molecular weight is 319 g/mol. The van der Waals surface area contributed by atoms with Gasteiger partial charge in [-0.1, -0.05) is 30.3 Å². The van der Waals surface area contributed by atoms with E-state index in [0.717, 1.165) is 13.0 Å². The number of carbonyl (C=O) groups is 2. The molecule has 0 unspecified atom stereocenters. The Labute approximate surface area is 137 Å². The fourth-order valence-corrected chi connectivity index (χ4v) is 3.44. The first-order valence-electron chi connectivity index (χ1n) is 8.03. The molecule has 1 heterocycles. The normalized spacial score (nSPS) is 22.6. The van der Waals surface area contributed by atoms with Crippen LogP contribution in [-0.4, -0.2) is 43.6 Å². The second kappa shape index (κ2) is 8.11. The highest BCUT2D eigenvalue weighted by molar-refractivity contribution is 5.74. The number of esters is 2. The number of likely N-dealkylation sites (tertiary alicyclic amines) is 1. The molecule has 0 amide bonds. The number of rotatable bonds is 6. The highest BCUT2D eigenvalue weighted by Gasteiger charge is 2.41. The van der Waals surface area contributed by atoms with Crippen LogP contribution in [0.2, 0.25) is 0 Å². The highest BCUT2D eigenvalue weighted by Crippen LogP contribution is 2.35. The van der Waals surface area contributed by atoms with Gasteiger partial charge in [0, 0.05) is 18.5 Å². The molecule has 3 atom stereocenters. The number of carbonyl (C=O) groups excluding carboxylic acids is 2. The summed E-state index contributed by atoms with van der Waals surface area (Å²) < 4.78 is 9.69. The van der Waals surface area contributed by atoms with Crippen LogP contribution in [-0.2, 0) is 19.1 Å². The van der Waals surface area contributed by atoms with Crippen molar-refractivity contribution in [3.05, 3.63) is 35.9 Å². The molecule has 0 saturated carbocycles. The quantitative estimate of drug-likeness (QED) is 0.754. The summed E-state index contributed by atoms with van der Waals surface area (Å²) in [5, 5.41) is 0. The fourth-order valence-electron chi connectivity index (χ4n) is 3.44. The van der Waals surface area contributed by atoms with E-state index in [1.165, 1.54) is 19.8 Å². The van der Waals surface area contributed by atoms with Crippen molar-refractivity contribution >= 4 is 11.9 Å². The van der Waals surface area contributed by atoms with Gasteiger partial charge in [0.2, 0.25) is 0 Å². The summed E-state index contributed by atoms with van der Waals surface area (Å²) >= 11 is 0. The van der Waals surface area contributed by atoms with E-state index in [2.05, 4.69) is 24.0 Å². The molecule has 2 rings (SSSR count). The molecule has 23 heavy (non-hydrogen) atoms. The van der Waals surface area contributed by atoms with E-state index >= 15 is 0 Å². The molecule has 1 aromatic carbocycles. The standard InChI is InChI=1S/C18H25NO4/c1-13(14-7-5-4-6-8-14)19-12-11-15(18(21)23-3)16(19)9-10-17(20)22-2/h4-8,13,15-16H,9-12H2,1-3H3/t13-,15-,16-/m0/s1. The van der Waals surface area contributed by atoms with Gasteiger partial charge in [0.05, 0.1) is 20.1 Å². The van der Waals surface area contributed by atoms with Gasteiger partial charge in [0.1, 0.15) is 0 Å². The molecule has 1 fully saturated rings. The minimum atomic E-state index is -0.243. The lowest BCUT2D eigenvalue weighted by molar-refractivity contribution is -0.147. The summed E-state index contributed by atoms with van der Waals surface area (Å²) in [4.78, 5) is 25.9. The Kier molecular flexibility index (Phi) is 6.16. The number of hydrogen-bond acceptors (Lipinski definition) is 5. The molecule has 1 aliphatic rings. The Hall–Kier alpha value is -1.88. The van der Waals surface area contributed by atoms with Crippen molar-refractivity contribution in [2.24, 2.45) is 5.92 Å². The van der Waals surface area contributed by atoms with Crippen LogP contribution in [0.25, 0.3) is 0 Å². The maximum atomic E-state index is 12.1. The Morgan fingerprint density at radius 2 is 1.91 bits per heavy atom. The molecule has 1 aromatic rings. The van der Waals surface area contributed by atoms with E-state index in [4.69, 9.17) is 9.47 Å². The molecular formula is C18H25NO4. The summed E-state index contributed by atoms with van der Waals surface area (Å²) in [6.45, 7) is 2.96. The van der Waals surface area contributed by atoms with E-state index in [0.29, 0.717) is 12.8 Å².